The van der Waals surface area contributed by atoms with E-state index in [1.54, 1.807) is 0 Å². The van der Waals surface area contributed by atoms with Gasteiger partial charge in [0.15, 0.2) is 0 Å². The zero-order chi connectivity index (χ0) is 7.33. The lowest BCUT2D eigenvalue weighted by Gasteiger charge is -2.21. The predicted molar refractivity (Wildman–Crippen MR) is 35.3 cm³/mol. The van der Waals surface area contributed by atoms with Crippen molar-refractivity contribution in [2.45, 2.75) is 32.2 Å². The van der Waals surface area contributed by atoms with Crippen LogP contribution < -0.4 is 5.48 Å². The first-order valence-electron chi connectivity index (χ1n) is 3.14. The number of aliphatic hydroxyl groups is 1. The standard InChI is InChI=1S/C6H15NO2/c1-6(2,7-9)4-3-5-8/h7-9H,3-5H2,1-2H3. The van der Waals surface area contributed by atoms with Crippen LogP contribution in [0.1, 0.15) is 26.7 Å². The van der Waals surface area contributed by atoms with E-state index in [0.29, 0.717) is 0 Å². The van der Waals surface area contributed by atoms with Gasteiger partial charge in [0.05, 0.1) is 0 Å². The SMILES string of the molecule is CC(C)(CCCO)NO. The Bertz CT molecular complexity index is 73.5. The summed E-state index contributed by atoms with van der Waals surface area (Å²) in [6, 6.07) is 0. The molecule has 0 saturated heterocycles. The van der Waals surface area contributed by atoms with Gasteiger partial charge in [0.1, 0.15) is 0 Å². The van der Waals surface area contributed by atoms with Crippen molar-refractivity contribution in [3.63, 3.8) is 0 Å². The molecule has 0 aliphatic heterocycles. The predicted octanol–water partition coefficient (Wildman–Crippen LogP) is 0.516. The molecule has 0 rings (SSSR count). The molecular weight excluding hydrogens is 118 g/mol. The molecule has 3 nitrogen and oxygen atoms in total. The topological polar surface area (TPSA) is 52.5 Å². The third-order valence-corrected chi connectivity index (χ3v) is 1.26. The lowest BCUT2D eigenvalue weighted by Crippen LogP contribution is -2.36. The molecule has 0 aromatic heterocycles. The molecule has 3 N–H and O–H groups in total. The maximum absolute atomic E-state index is 8.49. The number of nitrogens with one attached hydrogen (secondary N) is 1. The second-order valence-corrected chi connectivity index (χ2v) is 2.82. The van der Waals surface area contributed by atoms with Crippen molar-refractivity contribution in [3.8, 4) is 0 Å². The lowest BCUT2D eigenvalue weighted by molar-refractivity contribution is 0.0719. The van der Waals surface area contributed by atoms with E-state index < -0.39 is 0 Å². The van der Waals surface area contributed by atoms with Crippen molar-refractivity contribution in [1.29, 1.82) is 0 Å². The third kappa shape index (κ3) is 4.39. The number of rotatable bonds is 4. The summed E-state index contributed by atoms with van der Waals surface area (Å²) >= 11 is 0. The van der Waals surface area contributed by atoms with Gasteiger partial charge in [-0.15, -0.1) is 0 Å². The Morgan fingerprint density at radius 3 is 2.33 bits per heavy atom. The second kappa shape index (κ2) is 3.82. The van der Waals surface area contributed by atoms with Gasteiger partial charge in [-0.3, -0.25) is 0 Å². The fraction of sp³-hybridized carbons (Fsp3) is 1.00. The van der Waals surface area contributed by atoms with Gasteiger partial charge in [-0.2, -0.15) is 0 Å². The molecule has 0 saturated carbocycles. The highest BCUT2D eigenvalue weighted by atomic mass is 16.5. The van der Waals surface area contributed by atoms with Crippen LogP contribution in [0.5, 0.6) is 0 Å². The summed E-state index contributed by atoms with van der Waals surface area (Å²) in [6.07, 6.45) is 1.50. The fourth-order valence-corrected chi connectivity index (χ4v) is 0.577. The van der Waals surface area contributed by atoms with Crippen LogP contribution in [0.25, 0.3) is 0 Å². The van der Waals surface area contributed by atoms with E-state index in [1.165, 1.54) is 0 Å². The van der Waals surface area contributed by atoms with Gasteiger partial charge in [-0.05, 0) is 26.7 Å². The smallest absolute Gasteiger partial charge is 0.0431 e. The Labute approximate surface area is 55.7 Å². The summed E-state index contributed by atoms with van der Waals surface area (Å²) in [6.45, 7) is 3.94. The molecule has 0 fully saturated rings. The van der Waals surface area contributed by atoms with E-state index >= 15 is 0 Å². The molecule has 0 amide bonds. The summed E-state index contributed by atoms with van der Waals surface area (Å²) in [7, 11) is 0. The van der Waals surface area contributed by atoms with Gasteiger partial charge in [0.2, 0.25) is 0 Å². The van der Waals surface area contributed by atoms with Gasteiger partial charge in [-0.1, -0.05) is 0 Å². The third-order valence-electron chi connectivity index (χ3n) is 1.26. The van der Waals surface area contributed by atoms with E-state index in [0.717, 1.165) is 12.8 Å². The Hall–Kier alpha value is -0.120. The van der Waals surface area contributed by atoms with Crippen LogP contribution in [0.3, 0.4) is 0 Å². The first-order valence-corrected chi connectivity index (χ1v) is 3.14. The Kier molecular flexibility index (Phi) is 3.77. The van der Waals surface area contributed by atoms with Crippen LogP contribution in [0.15, 0.2) is 0 Å². The van der Waals surface area contributed by atoms with Gasteiger partial charge in [0, 0.05) is 12.1 Å². The molecule has 0 aliphatic rings. The summed E-state index contributed by atoms with van der Waals surface area (Å²) in [4.78, 5) is 0. The van der Waals surface area contributed by atoms with Crippen LogP contribution in [0.2, 0.25) is 0 Å². The van der Waals surface area contributed by atoms with E-state index in [2.05, 4.69) is 5.48 Å². The van der Waals surface area contributed by atoms with Crippen molar-refractivity contribution >= 4 is 0 Å². The average molecular weight is 133 g/mol. The van der Waals surface area contributed by atoms with Crippen molar-refractivity contribution in [2.24, 2.45) is 0 Å². The molecule has 3 heteroatoms. The fourth-order valence-electron chi connectivity index (χ4n) is 0.577. The monoisotopic (exact) mass is 133 g/mol. The zero-order valence-corrected chi connectivity index (χ0v) is 6.02. The molecule has 0 radical (unpaired) electrons. The first kappa shape index (κ1) is 8.88. The van der Waals surface area contributed by atoms with Crippen molar-refractivity contribution in [3.05, 3.63) is 0 Å². The first-order chi connectivity index (χ1) is 4.12. The number of hydrogen-bond acceptors (Lipinski definition) is 3. The number of aliphatic hydroxyl groups excluding tert-OH is 1. The van der Waals surface area contributed by atoms with Crippen LogP contribution in [0, 0.1) is 0 Å². The van der Waals surface area contributed by atoms with Crippen LogP contribution >= 0.6 is 0 Å². The van der Waals surface area contributed by atoms with Gasteiger partial charge >= 0.3 is 0 Å². The highest BCUT2D eigenvalue weighted by Gasteiger charge is 2.14. The van der Waals surface area contributed by atoms with Crippen LogP contribution in [0.4, 0.5) is 0 Å². The summed E-state index contributed by atoms with van der Waals surface area (Å²) in [5, 5.41) is 16.9. The Balaban J connectivity index is 3.33. The molecule has 0 heterocycles. The lowest BCUT2D eigenvalue weighted by atomic mass is 10.0. The zero-order valence-electron chi connectivity index (χ0n) is 6.02. The van der Waals surface area contributed by atoms with Crippen molar-refractivity contribution in [1.82, 2.24) is 5.48 Å². The molecular formula is C6H15NO2. The molecule has 0 unspecified atom stereocenters. The van der Waals surface area contributed by atoms with E-state index in [9.17, 15) is 0 Å². The minimum Gasteiger partial charge on any atom is -0.396 e. The molecule has 0 aliphatic carbocycles. The highest BCUT2D eigenvalue weighted by Crippen LogP contribution is 2.08. The molecule has 56 valence electrons. The van der Waals surface area contributed by atoms with E-state index in [-0.39, 0.29) is 12.1 Å². The van der Waals surface area contributed by atoms with Gasteiger partial charge in [0.25, 0.3) is 0 Å². The van der Waals surface area contributed by atoms with Gasteiger partial charge in [-0.25, -0.2) is 5.48 Å². The minimum absolute atomic E-state index is 0.186. The normalized spacial score (nSPS) is 12.0. The maximum Gasteiger partial charge on any atom is 0.0431 e. The quantitative estimate of drug-likeness (QED) is 0.490. The highest BCUT2D eigenvalue weighted by molar-refractivity contribution is 4.71. The van der Waals surface area contributed by atoms with E-state index in [4.69, 9.17) is 10.3 Å². The molecule has 0 spiro atoms. The summed E-state index contributed by atoms with van der Waals surface area (Å²) in [5.74, 6) is 0. The van der Waals surface area contributed by atoms with Gasteiger partial charge < -0.3 is 10.3 Å². The molecule has 0 aromatic carbocycles. The minimum atomic E-state index is -0.261. The average Bonchev–Trinajstić information content (AvgIpc) is 1.84. The van der Waals surface area contributed by atoms with E-state index in [1.807, 2.05) is 13.8 Å². The maximum atomic E-state index is 8.49. The summed E-state index contributed by atoms with van der Waals surface area (Å²) < 4.78 is 0. The van der Waals surface area contributed by atoms with Crippen molar-refractivity contribution in [2.75, 3.05) is 6.61 Å². The second-order valence-electron chi connectivity index (χ2n) is 2.82. The molecule has 0 atom stereocenters. The molecule has 9 heavy (non-hydrogen) atoms. The number of hydroxylamine groups is 1. The van der Waals surface area contributed by atoms with Crippen LogP contribution in [-0.2, 0) is 0 Å². The molecule has 0 bridgehead atoms. The Morgan fingerprint density at radius 2 is 2.00 bits per heavy atom. The van der Waals surface area contributed by atoms with Crippen LogP contribution in [-0.4, -0.2) is 22.5 Å². The Morgan fingerprint density at radius 1 is 1.44 bits per heavy atom. The molecule has 0 aromatic rings. The number of hydrogen-bond donors (Lipinski definition) is 3. The summed E-state index contributed by atoms with van der Waals surface area (Å²) in [5.41, 5.74) is 1.90. The largest absolute Gasteiger partial charge is 0.396 e. The van der Waals surface area contributed by atoms with Crippen molar-refractivity contribution < 1.29 is 10.3 Å².